The minimum atomic E-state index is -0.114. The zero-order chi connectivity index (χ0) is 58.0. The Bertz CT molecular complexity index is 5700. The lowest BCUT2D eigenvalue weighted by atomic mass is 9.78. The van der Waals surface area contributed by atoms with Gasteiger partial charge < -0.3 is 14.2 Å². The molecule has 0 spiro atoms. The predicted octanol–water partition coefficient (Wildman–Crippen LogP) is 18.3. The first-order valence-corrected chi connectivity index (χ1v) is 30.6. The topological polar surface area (TPSA) is 39.3 Å². The van der Waals surface area contributed by atoms with Gasteiger partial charge in [0.05, 0.1) is 16.7 Å². The highest BCUT2D eigenvalue weighted by Gasteiger charge is 2.50. The van der Waals surface area contributed by atoms with Crippen LogP contribution in [-0.2, 0) is 36.4 Å². The van der Waals surface area contributed by atoms with Crippen molar-refractivity contribution < 1.29 is 27.9 Å². The zero-order valence-electron chi connectivity index (χ0n) is 49.5. The number of aromatic nitrogens is 3. The number of hydrogen-bond acceptors (Lipinski definition) is 3. The van der Waals surface area contributed by atoms with Gasteiger partial charge in [-0.25, -0.2) is 0 Å². The summed E-state index contributed by atoms with van der Waals surface area (Å²) in [5, 5.41) is 21.9. The van der Waals surface area contributed by atoms with Crippen LogP contribution in [0.2, 0.25) is 0 Å². The summed E-state index contributed by atoms with van der Waals surface area (Å²) in [5.41, 5.74) is 17.2. The van der Waals surface area contributed by atoms with Crippen molar-refractivity contribution in [3.8, 4) is 51.0 Å². The van der Waals surface area contributed by atoms with Gasteiger partial charge in [0.25, 0.3) is 20.2 Å². The van der Waals surface area contributed by atoms with Gasteiger partial charge in [-0.05, 0) is 176 Å². The predicted molar refractivity (Wildman–Crippen MR) is 352 cm³/mol. The standard InChI is InChI=1S/C31H22NO.C27H20NO.C23H18NO/c1-31(2)25-14-23-12-19-8-4-6-10-21(19)15-26(23)32-17-33-27-16-22-11-18-7-3-5-9-20(18)13-24(22)29(31)28(27)30(25)32;1-27(2)24-21-12-17-8-4-3-7-16(17)11-19(21)13-22-23(24)26-25(27)20-10-6-5-9-18(20)14-28(26)15-29-22;1-23(2)18-8-5-9-24-13-25-19-12-16-10-14-6-3-4-7-15(14)11-17(16)21(23)20(19)22(18)24/h3-16H,17H2,1-2H3;3-14H,15H2,1-2H3;3-12H,13H2,1-2H3/q3*+1. The molecular formula is C81H60N3O3+3. The normalized spacial score (nSPS) is 15.7. The van der Waals surface area contributed by atoms with Crippen LogP contribution in [0.5, 0.6) is 17.2 Å². The first-order valence-electron chi connectivity index (χ1n) is 30.6. The van der Waals surface area contributed by atoms with E-state index in [2.05, 4.69) is 274 Å². The maximum Gasteiger partial charge on any atom is 0.293 e. The summed E-state index contributed by atoms with van der Waals surface area (Å²) in [6, 6.07) is 75.5. The quantitative estimate of drug-likeness (QED) is 0.112. The van der Waals surface area contributed by atoms with Gasteiger partial charge in [0.2, 0.25) is 22.6 Å². The molecule has 0 fully saturated rings. The molecule has 3 aliphatic heterocycles. The van der Waals surface area contributed by atoms with Crippen LogP contribution in [0.4, 0.5) is 0 Å². The first-order chi connectivity index (χ1) is 42.4. The summed E-state index contributed by atoms with van der Waals surface area (Å²) >= 11 is 0. The highest BCUT2D eigenvalue weighted by molar-refractivity contribution is 6.10. The Morgan fingerprint density at radius 3 is 1.25 bits per heavy atom. The molecule has 0 N–H and O–H groups in total. The fourth-order valence-corrected chi connectivity index (χ4v) is 16.7. The van der Waals surface area contributed by atoms with Crippen LogP contribution in [0, 0.1) is 0 Å². The minimum Gasteiger partial charge on any atom is -0.435 e. The third kappa shape index (κ3) is 6.62. The summed E-state index contributed by atoms with van der Waals surface area (Å²) < 4.78 is 25.8. The van der Waals surface area contributed by atoms with Gasteiger partial charge >= 0.3 is 0 Å². The smallest absolute Gasteiger partial charge is 0.293 e. The van der Waals surface area contributed by atoms with E-state index in [0.717, 1.165) is 17.2 Å². The maximum atomic E-state index is 6.46. The fraction of sp³-hybridized carbons (Fsp3) is 0.148. The van der Waals surface area contributed by atoms with Crippen molar-refractivity contribution >= 4 is 97.1 Å². The Labute approximate surface area is 503 Å². The van der Waals surface area contributed by atoms with E-state index in [1.807, 2.05) is 0 Å². The number of pyridine rings is 3. The van der Waals surface area contributed by atoms with E-state index in [0.29, 0.717) is 20.2 Å². The summed E-state index contributed by atoms with van der Waals surface area (Å²) in [4.78, 5) is 0. The molecule has 6 heteroatoms. The van der Waals surface area contributed by atoms with E-state index in [1.54, 1.807) is 0 Å². The minimum absolute atomic E-state index is 0.0297. The van der Waals surface area contributed by atoms with Gasteiger partial charge in [-0.15, -0.1) is 0 Å². The molecular weight excluding hydrogens is 1060 g/mol. The third-order valence-electron chi connectivity index (χ3n) is 20.7. The van der Waals surface area contributed by atoms with Gasteiger partial charge in [-0.2, -0.15) is 13.7 Å². The third-order valence-corrected chi connectivity index (χ3v) is 20.7. The molecule has 87 heavy (non-hydrogen) atoms. The lowest BCUT2D eigenvalue weighted by Crippen LogP contribution is -2.42. The van der Waals surface area contributed by atoms with Crippen LogP contribution in [0.3, 0.4) is 0 Å². The molecule has 0 saturated carbocycles. The van der Waals surface area contributed by atoms with Gasteiger partial charge in [-0.3, -0.25) is 0 Å². The molecule has 0 amide bonds. The van der Waals surface area contributed by atoms with E-state index in [9.17, 15) is 0 Å². The van der Waals surface area contributed by atoms with Crippen molar-refractivity contribution in [1.29, 1.82) is 0 Å². The maximum absolute atomic E-state index is 6.46. The van der Waals surface area contributed by atoms with Crippen molar-refractivity contribution in [2.45, 2.75) is 78.0 Å². The lowest BCUT2D eigenvalue weighted by molar-refractivity contribution is -0.717. The van der Waals surface area contributed by atoms with E-state index in [-0.39, 0.29) is 16.2 Å². The summed E-state index contributed by atoms with van der Waals surface area (Å²) in [6.45, 7) is 15.9. The molecule has 6 heterocycles. The van der Waals surface area contributed by atoms with Crippen LogP contribution >= 0.6 is 0 Å². The van der Waals surface area contributed by atoms with Crippen LogP contribution in [0.15, 0.2) is 219 Å². The molecule has 12 aromatic carbocycles. The molecule has 0 unspecified atom stereocenters. The van der Waals surface area contributed by atoms with Crippen molar-refractivity contribution in [2.75, 3.05) is 0 Å². The number of fused-ring (bicyclic) bond motifs is 14. The highest BCUT2D eigenvalue weighted by Crippen LogP contribution is 2.59. The molecule has 0 saturated heterocycles. The SMILES string of the molecule is CC1(C)c2c3c(cc4cc5ccccc5cc24)OC[n+]2cc4ccccc4c1c2-3.CC1(C)c2cc3cc4ccccc4cc3[n+]3c2-c2c(cc4cc5ccccc5cc4c21)OC3.CC1(C)c2ccc[n+]3c2-c2c(cc4cc5ccccc5cc4c21)OC3. The van der Waals surface area contributed by atoms with Crippen LogP contribution in [0.1, 0.15) is 74.9 Å². The Morgan fingerprint density at radius 2 is 0.713 bits per heavy atom. The Kier molecular flexibility index (Phi) is 9.63. The van der Waals surface area contributed by atoms with E-state index < -0.39 is 0 Å². The number of ether oxygens (including phenoxy) is 3. The number of rotatable bonds is 0. The number of benzene rings is 12. The molecule has 21 rings (SSSR count). The Balaban J connectivity index is 0.0000000960. The van der Waals surface area contributed by atoms with Gasteiger partial charge in [0, 0.05) is 55.8 Å². The van der Waals surface area contributed by atoms with Gasteiger partial charge in [0.1, 0.15) is 17.2 Å². The van der Waals surface area contributed by atoms with Crippen LogP contribution in [-0.4, -0.2) is 0 Å². The van der Waals surface area contributed by atoms with Crippen LogP contribution < -0.4 is 27.9 Å². The molecule has 0 atom stereocenters. The Morgan fingerprint density at radius 1 is 0.299 bits per heavy atom. The second-order valence-electron chi connectivity index (χ2n) is 26.6. The first kappa shape index (κ1) is 49.1. The monoisotopic (exact) mass is 1120 g/mol. The van der Waals surface area contributed by atoms with Gasteiger partial charge in [-0.1, -0.05) is 157 Å². The molecule has 0 bridgehead atoms. The average molecular weight is 1120 g/mol. The lowest BCUT2D eigenvalue weighted by Gasteiger charge is -2.23. The van der Waals surface area contributed by atoms with Crippen LogP contribution in [0.25, 0.3) is 131 Å². The molecule has 414 valence electrons. The molecule has 6 aliphatic rings. The molecule has 3 aliphatic carbocycles. The van der Waals surface area contributed by atoms with Crippen molar-refractivity contribution in [2.24, 2.45) is 0 Å². The van der Waals surface area contributed by atoms with E-state index >= 15 is 0 Å². The fourth-order valence-electron chi connectivity index (χ4n) is 16.7. The second kappa shape index (κ2) is 17.0. The van der Waals surface area contributed by atoms with E-state index in [1.165, 1.54) is 164 Å². The number of nitrogens with zero attached hydrogens (tertiary/aromatic N) is 3. The average Bonchev–Trinajstić information content (AvgIpc) is 1.56. The summed E-state index contributed by atoms with van der Waals surface area (Å²) in [7, 11) is 0. The summed E-state index contributed by atoms with van der Waals surface area (Å²) in [6.07, 6.45) is 4.37. The van der Waals surface area contributed by atoms with Gasteiger partial charge in [0.15, 0.2) is 12.4 Å². The highest BCUT2D eigenvalue weighted by atomic mass is 16.5. The zero-order valence-corrected chi connectivity index (χ0v) is 49.5. The molecule has 0 radical (unpaired) electrons. The number of hydrogen-bond donors (Lipinski definition) is 0. The second-order valence-corrected chi connectivity index (χ2v) is 26.6. The largest absolute Gasteiger partial charge is 0.435 e. The van der Waals surface area contributed by atoms with Crippen molar-refractivity contribution in [3.05, 3.63) is 252 Å². The van der Waals surface area contributed by atoms with E-state index in [4.69, 9.17) is 14.2 Å². The molecule has 15 aromatic rings. The Hall–Kier alpha value is -10.2. The van der Waals surface area contributed by atoms with Crippen molar-refractivity contribution in [3.63, 3.8) is 0 Å². The summed E-state index contributed by atoms with van der Waals surface area (Å²) in [5.74, 6) is 3.06. The molecule has 3 aromatic heterocycles. The van der Waals surface area contributed by atoms with Crippen molar-refractivity contribution in [1.82, 2.24) is 0 Å². The molecule has 6 nitrogen and oxygen atoms in total.